The third kappa shape index (κ3) is 2.34. The normalized spacial score (nSPS) is 14.5. The third-order valence-corrected chi connectivity index (χ3v) is 2.69. The van der Waals surface area contributed by atoms with Crippen LogP contribution >= 0.6 is 0 Å². The third-order valence-electron chi connectivity index (χ3n) is 2.69. The van der Waals surface area contributed by atoms with Crippen LogP contribution < -0.4 is 4.90 Å². The Kier molecular flexibility index (Phi) is 2.84. The van der Waals surface area contributed by atoms with Gasteiger partial charge in [-0.2, -0.15) is 0 Å². The minimum Gasteiger partial charge on any atom is -0.504 e. The first-order valence-electron chi connectivity index (χ1n) is 5.83. The molecule has 0 aromatic heterocycles. The molecule has 5 heteroatoms. The minimum absolute atomic E-state index is 0.167. The van der Waals surface area contributed by atoms with E-state index in [2.05, 4.69) is 0 Å². The van der Waals surface area contributed by atoms with Crippen molar-refractivity contribution in [1.82, 2.24) is 0 Å². The zero-order valence-electron chi connectivity index (χ0n) is 10.7. The predicted molar refractivity (Wildman–Crippen MR) is 67.1 cm³/mol. The van der Waals surface area contributed by atoms with E-state index in [1.807, 2.05) is 0 Å². The number of ether oxygens (including phenoxy) is 1. The zero-order chi connectivity index (χ0) is 13.5. The van der Waals surface area contributed by atoms with Crippen LogP contribution in [0.4, 0.5) is 10.5 Å². The van der Waals surface area contributed by atoms with Crippen LogP contribution in [0.25, 0.3) is 0 Å². The van der Waals surface area contributed by atoms with Crippen LogP contribution in [0.3, 0.4) is 0 Å². The van der Waals surface area contributed by atoms with Crippen molar-refractivity contribution >= 4 is 11.8 Å². The number of carbonyl (C=O) groups is 1. The Balaban J connectivity index is 2.26. The van der Waals surface area contributed by atoms with Crippen LogP contribution in [0.5, 0.6) is 11.5 Å². The quantitative estimate of drug-likeness (QED) is 0.695. The van der Waals surface area contributed by atoms with Crippen molar-refractivity contribution in [2.45, 2.75) is 32.8 Å². The van der Waals surface area contributed by atoms with Crippen molar-refractivity contribution in [3.63, 3.8) is 0 Å². The molecule has 1 heterocycles. The molecule has 0 radical (unpaired) electrons. The summed E-state index contributed by atoms with van der Waals surface area (Å²) in [6.45, 7) is 5.90. The number of fused-ring (bicyclic) bond motifs is 1. The number of amides is 1. The van der Waals surface area contributed by atoms with Gasteiger partial charge in [-0.1, -0.05) is 0 Å². The van der Waals surface area contributed by atoms with Gasteiger partial charge in [0.2, 0.25) is 0 Å². The molecular weight excluding hydrogens is 234 g/mol. The highest BCUT2D eigenvalue weighted by atomic mass is 16.6. The van der Waals surface area contributed by atoms with Crippen LogP contribution in [0.2, 0.25) is 0 Å². The first-order valence-corrected chi connectivity index (χ1v) is 5.83. The second kappa shape index (κ2) is 4.08. The summed E-state index contributed by atoms with van der Waals surface area (Å²) in [7, 11) is 0. The first kappa shape index (κ1) is 12.5. The van der Waals surface area contributed by atoms with Gasteiger partial charge in [0.05, 0.1) is 5.69 Å². The number of hydrogen-bond acceptors (Lipinski definition) is 4. The van der Waals surface area contributed by atoms with E-state index in [-0.39, 0.29) is 11.5 Å². The van der Waals surface area contributed by atoms with E-state index in [0.29, 0.717) is 18.7 Å². The van der Waals surface area contributed by atoms with Gasteiger partial charge in [0.15, 0.2) is 11.5 Å². The van der Waals surface area contributed by atoms with Crippen LogP contribution in [0, 0.1) is 0 Å². The SMILES string of the molecule is CC(C)(C)OC(=O)N1CCc2cc(O)c(O)cc21. The van der Waals surface area contributed by atoms with Crippen molar-refractivity contribution in [3.05, 3.63) is 17.7 Å². The highest BCUT2D eigenvalue weighted by Crippen LogP contribution is 2.37. The Hall–Kier alpha value is -1.91. The number of benzene rings is 1. The van der Waals surface area contributed by atoms with E-state index in [1.54, 1.807) is 20.8 Å². The van der Waals surface area contributed by atoms with Crippen molar-refractivity contribution in [1.29, 1.82) is 0 Å². The molecule has 0 fully saturated rings. The van der Waals surface area contributed by atoms with Crippen LogP contribution in [0.15, 0.2) is 12.1 Å². The van der Waals surface area contributed by atoms with Crippen molar-refractivity contribution < 1.29 is 19.7 Å². The number of hydrogen-bond donors (Lipinski definition) is 2. The Morgan fingerprint density at radius 3 is 2.50 bits per heavy atom. The van der Waals surface area contributed by atoms with E-state index < -0.39 is 11.7 Å². The van der Waals surface area contributed by atoms with E-state index in [1.165, 1.54) is 17.0 Å². The molecule has 0 spiro atoms. The number of anilines is 1. The number of carbonyl (C=O) groups excluding carboxylic acids is 1. The maximum Gasteiger partial charge on any atom is 0.414 e. The largest absolute Gasteiger partial charge is 0.504 e. The van der Waals surface area contributed by atoms with Gasteiger partial charge in [-0.05, 0) is 38.8 Å². The molecule has 98 valence electrons. The van der Waals surface area contributed by atoms with Gasteiger partial charge in [0.1, 0.15) is 5.60 Å². The van der Waals surface area contributed by atoms with Gasteiger partial charge in [-0.25, -0.2) is 4.79 Å². The average Bonchev–Trinajstić information content (AvgIpc) is 2.59. The van der Waals surface area contributed by atoms with Crippen molar-refractivity contribution in [3.8, 4) is 11.5 Å². The summed E-state index contributed by atoms with van der Waals surface area (Å²) in [4.78, 5) is 13.5. The van der Waals surface area contributed by atoms with Gasteiger partial charge in [-0.3, -0.25) is 4.90 Å². The number of phenolic OH excluding ortho intramolecular Hbond substituents is 2. The van der Waals surface area contributed by atoms with Crippen LogP contribution in [-0.4, -0.2) is 28.5 Å². The van der Waals surface area contributed by atoms with E-state index in [0.717, 1.165) is 5.56 Å². The lowest BCUT2D eigenvalue weighted by Crippen LogP contribution is -2.35. The molecular formula is C13H17NO4. The maximum absolute atomic E-state index is 12.0. The van der Waals surface area contributed by atoms with E-state index in [9.17, 15) is 15.0 Å². The Morgan fingerprint density at radius 1 is 1.28 bits per heavy atom. The number of phenols is 2. The summed E-state index contributed by atoms with van der Waals surface area (Å²) in [5, 5.41) is 18.9. The van der Waals surface area contributed by atoms with Crippen molar-refractivity contribution in [2.75, 3.05) is 11.4 Å². The molecule has 0 saturated heterocycles. The summed E-state index contributed by atoms with van der Waals surface area (Å²) in [5.74, 6) is -0.399. The lowest BCUT2D eigenvalue weighted by atomic mass is 10.1. The van der Waals surface area contributed by atoms with Gasteiger partial charge >= 0.3 is 6.09 Å². The molecule has 0 saturated carbocycles. The number of aromatic hydroxyl groups is 2. The standard InChI is InChI=1S/C13H17NO4/c1-13(2,3)18-12(17)14-5-4-8-6-10(15)11(16)7-9(8)14/h6-7,15-16H,4-5H2,1-3H3. The Labute approximate surface area is 106 Å². The summed E-state index contributed by atoms with van der Waals surface area (Å²) in [6.07, 6.45) is 0.203. The molecule has 1 aromatic rings. The highest BCUT2D eigenvalue weighted by molar-refractivity contribution is 5.91. The monoisotopic (exact) mass is 251 g/mol. The molecule has 1 aromatic carbocycles. The smallest absolute Gasteiger partial charge is 0.414 e. The molecule has 0 unspecified atom stereocenters. The minimum atomic E-state index is -0.557. The van der Waals surface area contributed by atoms with Gasteiger partial charge in [-0.15, -0.1) is 0 Å². The van der Waals surface area contributed by atoms with Crippen LogP contribution in [-0.2, 0) is 11.2 Å². The topological polar surface area (TPSA) is 70.0 Å². The molecule has 1 aliphatic rings. The molecule has 1 aliphatic heterocycles. The fraction of sp³-hybridized carbons (Fsp3) is 0.462. The Bertz CT molecular complexity index is 490. The summed E-state index contributed by atoms with van der Waals surface area (Å²) in [6, 6.07) is 2.87. The highest BCUT2D eigenvalue weighted by Gasteiger charge is 2.29. The number of rotatable bonds is 0. The molecule has 0 bridgehead atoms. The predicted octanol–water partition coefficient (Wildman–Crippen LogP) is 2.40. The average molecular weight is 251 g/mol. The summed E-state index contributed by atoms with van der Waals surface area (Å²) in [5.41, 5.74) is 0.870. The maximum atomic E-state index is 12.0. The second-order valence-corrected chi connectivity index (χ2v) is 5.35. The molecule has 0 aliphatic carbocycles. The van der Waals surface area contributed by atoms with E-state index in [4.69, 9.17) is 4.74 Å². The van der Waals surface area contributed by atoms with Crippen LogP contribution in [0.1, 0.15) is 26.3 Å². The molecule has 5 nitrogen and oxygen atoms in total. The molecule has 2 rings (SSSR count). The second-order valence-electron chi connectivity index (χ2n) is 5.35. The lowest BCUT2D eigenvalue weighted by Gasteiger charge is -2.24. The molecule has 18 heavy (non-hydrogen) atoms. The molecule has 2 N–H and O–H groups in total. The summed E-state index contributed by atoms with van der Waals surface area (Å²) < 4.78 is 5.29. The fourth-order valence-corrected chi connectivity index (χ4v) is 1.92. The lowest BCUT2D eigenvalue weighted by molar-refractivity contribution is 0.0584. The van der Waals surface area contributed by atoms with Gasteiger partial charge in [0, 0.05) is 12.6 Å². The molecule has 0 atom stereocenters. The van der Waals surface area contributed by atoms with Crippen molar-refractivity contribution in [2.24, 2.45) is 0 Å². The van der Waals surface area contributed by atoms with Gasteiger partial charge < -0.3 is 14.9 Å². The first-order chi connectivity index (χ1) is 8.28. The van der Waals surface area contributed by atoms with E-state index >= 15 is 0 Å². The number of nitrogens with zero attached hydrogens (tertiary/aromatic N) is 1. The zero-order valence-corrected chi connectivity index (χ0v) is 10.7. The summed E-state index contributed by atoms with van der Waals surface area (Å²) >= 11 is 0. The molecule has 1 amide bonds. The van der Waals surface area contributed by atoms with Gasteiger partial charge in [0.25, 0.3) is 0 Å². The Morgan fingerprint density at radius 2 is 1.89 bits per heavy atom. The fourth-order valence-electron chi connectivity index (χ4n) is 1.92.